The lowest BCUT2D eigenvalue weighted by Gasteiger charge is -2.19. The molecule has 0 aliphatic carbocycles. The third kappa shape index (κ3) is 6.57. The summed E-state index contributed by atoms with van der Waals surface area (Å²) < 4.78 is 0. The lowest BCUT2D eigenvalue weighted by atomic mass is 10.1. The highest BCUT2D eigenvalue weighted by Gasteiger charge is 2.22. The summed E-state index contributed by atoms with van der Waals surface area (Å²) in [6.07, 6.45) is 2.09. The molecule has 1 aliphatic rings. The molecule has 1 heterocycles. The molecule has 0 radical (unpaired) electrons. The summed E-state index contributed by atoms with van der Waals surface area (Å²) in [4.78, 5) is 6.79. The standard InChI is InChI=1S/C21H27ClN4.HI/c1-23-21(24-13-11-18-7-5-6-10-20(18)22)25-15-17-12-14-26(16-17)19-8-3-2-4-9-19;/h2-10,17H,11-16H2,1H3,(H2,23,24,25);1H. The highest BCUT2D eigenvalue weighted by molar-refractivity contribution is 14.0. The van der Waals surface area contributed by atoms with E-state index in [0.29, 0.717) is 5.92 Å². The number of hydrogen-bond acceptors (Lipinski definition) is 2. The molecule has 0 bridgehead atoms. The first-order valence-electron chi connectivity index (χ1n) is 9.24. The van der Waals surface area contributed by atoms with Crippen LogP contribution in [-0.2, 0) is 6.42 Å². The van der Waals surface area contributed by atoms with Gasteiger partial charge in [0.1, 0.15) is 0 Å². The Morgan fingerprint density at radius 2 is 1.85 bits per heavy atom. The molecule has 1 saturated heterocycles. The van der Waals surface area contributed by atoms with Crippen molar-refractivity contribution >= 4 is 47.2 Å². The lowest BCUT2D eigenvalue weighted by molar-refractivity contribution is 0.566. The van der Waals surface area contributed by atoms with E-state index in [1.54, 1.807) is 0 Å². The average Bonchev–Trinajstić information content (AvgIpc) is 3.16. The number of hydrogen-bond donors (Lipinski definition) is 2. The van der Waals surface area contributed by atoms with Crippen molar-refractivity contribution in [3.05, 3.63) is 65.2 Å². The Labute approximate surface area is 184 Å². The van der Waals surface area contributed by atoms with E-state index in [-0.39, 0.29) is 24.0 Å². The molecule has 2 N–H and O–H groups in total. The summed E-state index contributed by atoms with van der Waals surface area (Å²) in [6, 6.07) is 18.6. The van der Waals surface area contributed by atoms with Crippen molar-refractivity contribution < 1.29 is 0 Å². The van der Waals surface area contributed by atoms with Gasteiger partial charge in [-0.3, -0.25) is 4.99 Å². The number of anilines is 1. The van der Waals surface area contributed by atoms with Crippen LogP contribution in [0.15, 0.2) is 59.6 Å². The number of aliphatic imine (C=N–C) groups is 1. The van der Waals surface area contributed by atoms with Crippen LogP contribution in [0.1, 0.15) is 12.0 Å². The number of para-hydroxylation sites is 1. The topological polar surface area (TPSA) is 39.7 Å². The number of nitrogens with zero attached hydrogens (tertiary/aromatic N) is 2. The Bertz CT molecular complexity index is 723. The maximum atomic E-state index is 6.21. The van der Waals surface area contributed by atoms with E-state index in [1.807, 2.05) is 25.2 Å². The summed E-state index contributed by atoms with van der Waals surface area (Å²) in [6.45, 7) is 3.96. The Hall–Kier alpha value is -1.47. The van der Waals surface area contributed by atoms with E-state index in [4.69, 9.17) is 11.6 Å². The summed E-state index contributed by atoms with van der Waals surface area (Å²) in [5.41, 5.74) is 2.48. The molecule has 6 heteroatoms. The van der Waals surface area contributed by atoms with E-state index < -0.39 is 0 Å². The predicted octanol–water partition coefficient (Wildman–Crippen LogP) is 4.19. The lowest BCUT2D eigenvalue weighted by Crippen LogP contribution is -2.41. The first kappa shape index (κ1) is 21.8. The molecule has 4 nitrogen and oxygen atoms in total. The molecular weight excluding hydrogens is 471 g/mol. The van der Waals surface area contributed by atoms with Gasteiger partial charge in [-0.15, -0.1) is 24.0 Å². The molecule has 0 saturated carbocycles. The van der Waals surface area contributed by atoms with Crippen molar-refractivity contribution in [2.75, 3.05) is 38.1 Å². The van der Waals surface area contributed by atoms with Crippen molar-refractivity contribution in [1.29, 1.82) is 0 Å². The first-order chi connectivity index (χ1) is 12.8. The Morgan fingerprint density at radius 1 is 1.11 bits per heavy atom. The minimum absolute atomic E-state index is 0. The van der Waals surface area contributed by atoms with Crippen LogP contribution in [0.3, 0.4) is 0 Å². The van der Waals surface area contributed by atoms with Crippen LogP contribution < -0.4 is 15.5 Å². The number of nitrogens with one attached hydrogen (secondary N) is 2. The van der Waals surface area contributed by atoms with Crippen molar-refractivity contribution in [2.45, 2.75) is 12.8 Å². The number of benzene rings is 2. The molecule has 146 valence electrons. The van der Waals surface area contributed by atoms with Crippen LogP contribution in [0.4, 0.5) is 5.69 Å². The van der Waals surface area contributed by atoms with Crippen LogP contribution >= 0.6 is 35.6 Å². The van der Waals surface area contributed by atoms with Crippen molar-refractivity contribution in [3.8, 4) is 0 Å². The van der Waals surface area contributed by atoms with Gasteiger partial charge in [0.05, 0.1) is 0 Å². The normalized spacial score (nSPS) is 16.7. The van der Waals surface area contributed by atoms with Crippen LogP contribution in [-0.4, -0.2) is 39.2 Å². The molecule has 3 rings (SSSR count). The highest BCUT2D eigenvalue weighted by atomic mass is 127. The molecule has 27 heavy (non-hydrogen) atoms. The van der Waals surface area contributed by atoms with Gasteiger partial charge in [0.15, 0.2) is 5.96 Å². The number of guanidine groups is 1. The monoisotopic (exact) mass is 498 g/mol. The molecule has 2 aromatic carbocycles. The van der Waals surface area contributed by atoms with Crippen LogP contribution in [0.25, 0.3) is 0 Å². The quantitative estimate of drug-likeness (QED) is 0.356. The largest absolute Gasteiger partial charge is 0.371 e. The molecule has 1 fully saturated rings. The van der Waals surface area contributed by atoms with Crippen molar-refractivity contribution in [1.82, 2.24) is 10.6 Å². The van der Waals surface area contributed by atoms with Crippen molar-refractivity contribution in [3.63, 3.8) is 0 Å². The Kier molecular flexibility index (Phi) is 9.21. The second-order valence-electron chi connectivity index (χ2n) is 6.66. The van der Waals surface area contributed by atoms with Gasteiger partial charge in [0.2, 0.25) is 0 Å². The second-order valence-corrected chi connectivity index (χ2v) is 7.06. The van der Waals surface area contributed by atoms with Gasteiger partial charge >= 0.3 is 0 Å². The van der Waals surface area contributed by atoms with Gasteiger partial charge in [0, 0.05) is 43.9 Å². The first-order valence-corrected chi connectivity index (χ1v) is 9.62. The third-order valence-corrected chi connectivity index (χ3v) is 5.20. The van der Waals surface area contributed by atoms with Gasteiger partial charge in [0.25, 0.3) is 0 Å². The fourth-order valence-electron chi connectivity index (χ4n) is 3.35. The van der Waals surface area contributed by atoms with Gasteiger partial charge in [-0.2, -0.15) is 0 Å². The summed E-state index contributed by atoms with van der Waals surface area (Å²) >= 11 is 6.21. The van der Waals surface area contributed by atoms with E-state index in [1.165, 1.54) is 12.1 Å². The van der Waals surface area contributed by atoms with Gasteiger partial charge in [-0.25, -0.2) is 0 Å². The van der Waals surface area contributed by atoms with Gasteiger partial charge < -0.3 is 15.5 Å². The zero-order chi connectivity index (χ0) is 18.2. The molecule has 1 unspecified atom stereocenters. The summed E-state index contributed by atoms with van der Waals surface area (Å²) in [7, 11) is 1.82. The molecule has 0 aromatic heterocycles. The maximum absolute atomic E-state index is 6.21. The fourth-order valence-corrected chi connectivity index (χ4v) is 3.58. The SMILES string of the molecule is CN=C(NCCc1ccccc1Cl)NCC1CCN(c2ccccc2)C1.I. The fraction of sp³-hybridized carbons (Fsp3) is 0.381. The van der Waals surface area contributed by atoms with Gasteiger partial charge in [-0.1, -0.05) is 48.0 Å². The predicted molar refractivity (Wildman–Crippen MR) is 127 cm³/mol. The van der Waals surface area contributed by atoms with Gasteiger partial charge in [-0.05, 0) is 42.5 Å². The van der Waals surface area contributed by atoms with Crippen LogP contribution in [0.2, 0.25) is 5.02 Å². The molecule has 0 spiro atoms. The summed E-state index contributed by atoms with van der Waals surface area (Å²) in [5, 5.41) is 7.67. The molecule has 1 atom stereocenters. The van der Waals surface area contributed by atoms with E-state index in [0.717, 1.165) is 49.1 Å². The van der Waals surface area contributed by atoms with Crippen LogP contribution in [0.5, 0.6) is 0 Å². The Balaban J connectivity index is 0.00000261. The number of rotatable bonds is 6. The second kappa shape index (κ2) is 11.4. The van der Waals surface area contributed by atoms with E-state index in [9.17, 15) is 0 Å². The minimum Gasteiger partial charge on any atom is -0.371 e. The highest BCUT2D eigenvalue weighted by Crippen LogP contribution is 2.22. The van der Waals surface area contributed by atoms with Crippen molar-refractivity contribution in [2.24, 2.45) is 10.9 Å². The minimum atomic E-state index is 0. The zero-order valence-electron chi connectivity index (χ0n) is 15.7. The molecule has 1 aliphatic heterocycles. The van der Waals surface area contributed by atoms with E-state index >= 15 is 0 Å². The maximum Gasteiger partial charge on any atom is 0.190 e. The molecule has 2 aromatic rings. The van der Waals surface area contributed by atoms with E-state index in [2.05, 4.69) is 56.9 Å². The third-order valence-electron chi connectivity index (χ3n) is 4.83. The smallest absolute Gasteiger partial charge is 0.190 e. The number of halogens is 2. The zero-order valence-corrected chi connectivity index (χ0v) is 18.8. The molecular formula is C21H28ClIN4. The van der Waals surface area contributed by atoms with Crippen LogP contribution in [0, 0.1) is 5.92 Å². The Morgan fingerprint density at radius 3 is 2.59 bits per heavy atom. The summed E-state index contributed by atoms with van der Waals surface area (Å²) in [5.74, 6) is 1.49. The molecule has 0 amide bonds. The average molecular weight is 499 g/mol.